The minimum Gasteiger partial charge on any atom is -0.340 e. The van der Waals surface area contributed by atoms with Gasteiger partial charge in [0.1, 0.15) is 5.82 Å². The molecule has 3 aromatic carbocycles. The highest BCUT2D eigenvalue weighted by Crippen LogP contribution is 2.28. The zero-order valence-corrected chi connectivity index (χ0v) is 18.8. The molecule has 0 radical (unpaired) electrons. The van der Waals surface area contributed by atoms with Gasteiger partial charge in [-0.25, -0.2) is 18.1 Å². The number of pyridine rings is 1. The van der Waals surface area contributed by atoms with Crippen molar-refractivity contribution in [1.29, 1.82) is 0 Å². The summed E-state index contributed by atoms with van der Waals surface area (Å²) in [4.78, 5) is 4.64. The molecule has 0 amide bonds. The Labute approximate surface area is 192 Å². The molecule has 0 bridgehead atoms. The average molecular weight is 464 g/mol. The Morgan fingerprint density at radius 1 is 0.938 bits per heavy atom. The Morgan fingerprint density at radius 3 is 2.66 bits per heavy atom. The predicted molar refractivity (Wildman–Crippen MR) is 129 cm³/mol. The SMILES string of the molecule is O=S(=O)(NC1CCc2ccccc2C1)c1cccc(Nc2nccc3ccc(Cl)cc23)c1. The first-order chi connectivity index (χ1) is 15.5. The number of benzene rings is 3. The molecule has 2 N–H and O–H groups in total. The number of aromatic nitrogens is 1. The van der Waals surface area contributed by atoms with Crippen LogP contribution in [-0.2, 0) is 22.9 Å². The van der Waals surface area contributed by atoms with Gasteiger partial charge in [0, 0.05) is 28.3 Å². The summed E-state index contributed by atoms with van der Waals surface area (Å²) in [7, 11) is -3.66. The monoisotopic (exact) mass is 463 g/mol. The standard InChI is InChI=1S/C25H22ClN3O2S/c26-20-10-8-18-12-13-27-25(24(18)15-20)28-21-6-3-7-23(16-21)32(30,31)29-22-11-9-17-4-1-2-5-19(17)14-22/h1-8,10,12-13,15-16,22,29H,9,11,14H2,(H,27,28). The molecular formula is C25H22ClN3O2S. The number of hydrogen-bond acceptors (Lipinski definition) is 4. The number of aryl methyl sites for hydroxylation is 1. The maximum atomic E-state index is 13.1. The number of halogens is 1. The third-order valence-electron chi connectivity index (χ3n) is 5.80. The molecule has 32 heavy (non-hydrogen) atoms. The van der Waals surface area contributed by atoms with Crippen LogP contribution in [0.2, 0.25) is 5.02 Å². The minimum absolute atomic E-state index is 0.117. The van der Waals surface area contributed by atoms with Crippen LogP contribution in [0.15, 0.2) is 83.9 Å². The Hall–Kier alpha value is -2.93. The van der Waals surface area contributed by atoms with Crippen LogP contribution in [0.1, 0.15) is 17.5 Å². The highest BCUT2D eigenvalue weighted by molar-refractivity contribution is 7.89. The second kappa shape index (κ2) is 8.54. The predicted octanol–water partition coefficient (Wildman–Crippen LogP) is 5.47. The molecule has 162 valence electrons. The van der Waals surface area contributed by atoms with E-state index in [9.17, 15) is 8.42 Å². The zero-order chi connectivity index (χ0) is 22.1. The third-order valence-corrected chi connectivity index (χ3v) is 7.56. The molecule has 1 aliphatic rings. The molecule has 0 spiro atoms. The summed E-state index contributed by atoms with van der Waals surface area (Å²) in [5.74, 6) is 0.622. The second-order valence-electron chi connectivity index (χ2n) is 8.01. The van der Waals surface area contributed by atoms with Crippen LogP contribution in [0.4, 0.5) is 11.5 Å². The van der Waals surface area contributed by atoms with Gasteiger partial charge in [-0.05, 0) is 72.2 Å². The van der Waals surface area contributed by atoms with Gasteiger partial charge in [-0.3, -0.25) is 0 Å². The van der Waals surface area contributed by atoms with Gasteiger partial charge in [0.2, 0.25) is 10.0 Å². The first-order valence-corrected chi connectivity index (χ1v) is 12.3. The molecule has 1 heterocycles. The van der Waals surface area contributed by atoms with E-state index in [1.165, 1.54) is 11.1 Å². The molecule has 0 saturated heterocycles. The molecule has 0 saturated carbocycles. The van der Waals surface area contributed by atoms with Crippen molar-refractivity contribution < 1.29 is 8.42 Å². The molecule has 5 rings (SSSR count). The molecule has 4 aromatic rings. The Bertz CT molecular complexity index is 1410. The lowest BCUT2D eigenvalue weighted by molar-refractivity contribution is 0.507. The van der Waals surface area contributed by atoms with Gasteiger partial charge >= 0.3 is 0 Å². The van der Waals surface area contributed by atoms with Crippen molar-refractivity contribution in [2.45, 2.75) is 30.2 Å². The number of rotatable bonds is 5. The van der Waals surface area contributed by atoms with Gasteiger partial charge in [0.25, 0.3) is 0 Å². The number of nitrogens with one attached hydrogen (secondary N) is 2. The van der Waals surface area contributed by atoms with Crippen molar-refractivity contribution in [2.75, 3.05) is 5.32 Å². The lowest BCUT2D eigenvalue weighted by atomic mass is 9.89. The van der Waals surface area contributed by atoms with Gasteiger partial charge in [-0.1, -0.05) is 48.0 Å². The summed E-state index contributed by atoms with van der Waals surface area (Å²) in [5, 5.41) is 5.72. The quantitative estimate of drug-likeness (QED) is 0.412. The topological polar surface area (TPSA) is 71.1 Å². The molecule has 1 aromatic heterocycles. The van der Waals surface area contributed by atoms with Crippen LogP contribution < -0.4 is 10.0 Å². The first-order valence-electron chi connectivity index (χ1n) is 10.5. The zero-order valence-electron chi connectivity index (χ0n) is 17.3. The van der Waals surface area contributed by atoms with Crippen LogP contribution >= 0.6 is 11.6 Å². The number of anilines is 2. The fourth-order valence-electron chi connectivity index (χ4n) is 4.20. The smallest absolute Gasteiger partial charge is 0.240 e. The Balaban J connectivity index is 1.38. The van der Waals surface area contributed by atoms with Gasteiger partial charge in [-0.2, -0.15) is 0 Å². The molecule has 7 heteroatoms. The minimum atomic E-state index is -3.66. The van der Waals surface area contributed by atoms with Crippen LogP contribution in [0.5, 0.6) is 0 Å². The molecule has 5 nitrogen and oxygen atoms in total. The lowest BCUT2D eigenvalue weighted by Crippen LogP contribution is -2.38. The molecule has 0 fully saturated rings. The van der Waals surface area contributed by atoms with Crippen LogP contribution in [-0.4, -0.2) is 19.4 Å². The fraction of sp³-hybridized carbons (Fsp3) is 0.160. The summed E-state index contributed by atoms with van der Waals surface area (Å²) in [6, 6.07) is 22.4. The fourth-order valence-corrected chi connectivity index (χ4v) is 5.69. The van der Waals surface area contributed by atoms with Gasteiger partial charge < -0.3 is 5.32 Å². The van der Waals surface area contributed by atoms with Gasteiger partial charge in [-0.15, -0.1) is 0 Å². The summed E-state index contributed by atoms with van der Waals surface area (Å²) in [6.45, 7) is 0. The van der Waals surface area contributed by atoms with E-state index in [0.717, 1.165) is 23.6 Å². The van der Waals surface area contributed by atoms with E-state index >= 15 is 0 Å². The number of hydrogen-bond donors (Lipinski definition) is 2. The highest BCUT2D eigenvalue weighted by atomic mass is 35.5. The summed E-state index contributed by atoms with van der Waals surface area (Å²) in [5.41, 5.74) is 3.15. The van der Waals surface area contributed by atoms with Gasteiger partial charge in [0.15, 0.2) is 0 Å². The number of fused-ring (bicyclic) bond motifs is 2. The van der Waals surface area contributed by atoms with Crippen LogP contribution in [0.3, 0.4) is 0 Å². The summed E-state index contributed by atoms with van der Waals surface area (Å²) in [6.07, 6.45) is 4.07. The first kappa shape index (κ1) is 20.9. The summed E-state index contributed by atoms with van der Waals surface area (Å²) < 4.78 is 29.1. The lowest BCUT2D eigenvalue weighted by Gasteiger charge is -2.25. The summed E-state index contributed by atoms with van der Waals surface area (Å²) >= 11 is 6.16. The largest absolute Gasteiger partial charge is 0.340 e. The maximum absolute atomic E-state index is 13.1. The van der Waals surface area contributed by atoms with Crippen LogP contribution in [0.25, 0.3) is 10.8 Å². The van der Waals surface area contributed by atoms with E-state index in [0.29, 0.717) is 22.9 Å². The van der Waals surface area contributed by atoms with E-state index in [-0.39, 0.29) is 10.9 Å². The van der Waals surface area contributed by atoms with Crippen molar-refractivity contribution in [3.63, 3.8) is 0 Å². The normalized spacial score (nSPS) is 16.0. The average Bonchev–Trinajstić information content (AvgIpc) is 2.79. The maximum Gasteiger partial charge on any atom is 0.240 e. The number of sulfonamides is 1. The highest BCUT2D eigenvalue weighted by Gasteiger charge is 2.24. The van der Waals surface area contributed by atoms with Crippen molar-refractivity contribution >= 4 is 43.9 Å². The third kappa shape index (κ3) is 4.35. The van der Waals surface area contributed by atoms with E-state index in [1.807, 2.05) is 42.5 Å². The van der Waals surface area contributed by atoms with Crippen molar-refractivity contribution in [2.24, 2.45) is 0 Å². The Kier molecular flexibility index (Phi) is 5.59. The number of nitrogens with zero attached hydrogens (tertiary/aromatic N) is 1. The van der Waals surface area contributed by atoms with Gasteiger partial charge in [0.05, 0.1) is 4.90 Å². The molecule has 1 unspecified atom stereocenters. The van der Waals surface area contributed by atoms with E-state index in [2.05, 4.69) is 27.2 Å². The van der Waals surface area contributed by atoms with E-state index in [4.69, 9.17) is 11.6 Å². The molecular weight excluding hydrogens is 442 g/mol. The Morgan fingerprint density at radius 2 is 1.78 bits per heavy atom. The van der Waals surface area contributed by atoms with Crippen LogP contribution in [0, 0.1) is 0 Å². The van der Waals surface area contributed by atoms with Crippen molar-refractivity contribution in [3.8, 4) is 0 Å². The van der Waals surface area contributed by atoms with E-state index < -0.39 is 10.0 Å². The molecule has 1 atom stereocenters. The van der Waals surface area contributed by atoms with E-state index in [1.54, 1.807) is 24.4 Å². The van der Waals surface area contributed by atoms with Crippen molar-refractivity contribution in [3.05, 3.63) is 95.1 Å². The molecule has 1 aliphatic carbocycles. The molecule has 0 aliphatic heterocycles. The second-order valence-corrected chi connectivity index (χ2v) is 10.2. The van der Waals surface area contributed by atoms with Crippen molar-refractivity contribution in [1.82, 2.24) is 9.71 Å².